The Kier molecular flexibility index (Phi) is 0.724. The van der Waals surface area contributed by atoms with E-state index in [9.17, 15) is 5.26 Å². The molecule has 0 spiro atoms. The molecule has 1 nitrogen and oxygen atoms in total. The van der Waals surface area contributed by atoms with E-state index < -0.39 is 0 Å². The molecule has 0 aromatic rings. The Hall–Kier alpha value is 0.450. The monoisotopic (exact) mass is 299 g/mol. The molecule has 6 aliphatic carbocycles. The van der Waals surface area contributed by atoms with Crippen LogP contribution in [0.15, 0.2) is 0 Å². The van der Waals surface area contributed by atoms with Gasteiger partial charge in [0.25, 0.3) is 0 Å². The zero-order chi connectivity index (χ0) is 8.75. The molecule has 13 heavy (non-hydrogen) atoms. The molecule has 6 rings (SSSR count). The van der Waals surface area contributed by atoms with Crippen LogP contribution in [-0.2, 0) is 0 Å². The average molecular weight is 301 g/mol. The molecule has 0 aromatic heterocycles. The molecule has 3 heteroatoms. The Labute approximate surface area is 93.1 Å². The first-order valence-electron chi connectivity index (χ1n) is 4.96. The Morgan fingerprint density at radius 3 is 1.92 bits per heavy atom. The van der Waals surface area contributed by atoms with E-state index in [0.29, 0.717) is 10.2 Å². The van der Waals surface area contributed by atoms with Gasteiger partial charge in [-0.1, -0.05) is 31.9 Å². The summed E-state index contributed by atoms with van der Waals surface area (Å²) in [6.07, 6.45) is 0. The molecule has 0 amide bonds. The van der Waals surface area contributed by atoms with E-state index in [1.165, 1.54) is 0 Å². The van der Waals surface area contributed by atoms with Crippen molar-refractivity contribution in [3.63, 3.8) is 0 Å². The number of rotatable bonds is 0. The summed E-state index contributed by atoms with van der Waals surface area (Å²) in [5.41, 5.74) is 0. The molecule has 0 saturated heterocycles. The highest BCUT2D eigenvalue weighted by molar-refractivity contribution is 9.10. The van der Waals surface area contributed by atoms with Crippen LogP contribution in [0, 0.1) is 52.8 Å². The maximum absolute atomic E-state index is 9.19. The highest BCUT2D eigenvalue weighted by Crippen LogP contribution is 3.02. The zero-order valence-electron chi connectivity index (χ0n) is 6.74. The summed E-state index contributed by atoms with van der Waals surface area (Å²) in [4.78, 5) is 0. The van der Waals surface area contributed by atoms with Crippen molar-refractivity contribution in [3.8, 4) is 6.07 Å². The van der Waals surface area contributed by atoms with Gasteiger partial charge in [-0.15, -0.1) is 0 Å². The van der Waals surface area contributed by atoms with Crippen LogP contribution >= 0.6 is 31.9 Å². The predicted octanol–water partition coefficient (Wildman–Crippen LogP) is 2.16. The van der Waals surface area contributed by atoms with Gasteiger partial charge < -0.3 is 0 Å². The Bertz CT molecular complexity index is 392. The number of alkyl halides is 2. The van der Waals surface area contributed by atoms with E-state index in [1.807, 2.05) is 0 Å². The van der Waals surface area contributed by atoms with Gasteiger partial charge in [-0.25, -0.2) is 0 Å². The number of hydrogen-bond acceptors (Lipinski definition) is 1. The molecule has 6 fully saturated rings. The third-order valence-electron chi connectivity index (χ3n) is 5.93. The van der Waals surface area contributed by atoms with Crippen LogP contribution in [0.4, 0.5) is 0 Å². The number of hydrogen-bond donors (Lipinski definition) is 0. The van der Waals surface area contributed by atoms with Crippen molar-refractivity contribution in [1.82, 2.24) is 0 Å². The van der Waals surface area contributed by atoms with E-state index in [-0.39, 0.29) is 4.32 Å². The summed E-state index contributed by atoms with van der Waals surface area (Å²) >= 11 is 7.82. The van der Waals surface area contributed by atoms with Crippen molar-refractivity contribution >= 4 is 31.9 Å². The molecule has 5 atom stereocenters. The minimum atomic E-state index is 0.280. The standard InChI is InChI=1S/C10H7Br2N/c11-9-2(1-13)3-4-6(9)8-7(9)5(3)10(4,8)12/h2-8H/t2-,3?,4+,5+,6-,7-,8?,9?,10?/m1/s1. The zero-order valence-corrected chi connectivity index (χ0v) is 9.92. The fourth-order valence-corrected chi connectivity index (χ4v) is 9.18. The molecule has 2 bridgehead atoms. The van der Waals surface area contributed by atoms with E-state index in [4.69, 9.17) is 0 Å². The minimum absolute atomic E-state index is 0.280. The molecule has 0 heterocycles. The lowest BCUT2D eigenvalue weighted by Crippen LogP contribution is -2.93. The van der Waals surface area contributed by atoms with Crippen molar-refractivity contribution in [2.24, 2.45) is 41.4 Å². The van der Waals surface area contributed by atoms with Gasteiger partial charge in [0.1, 0.15) is 0 Å². The molecule has 0 aliphatic heterocycles. The van der Waals surface area contributed by atoms with Gasteiger partial charge in [-0.3, -0.25) is 0 Å². The van der Waals surface area contributed by atoms with Crippen molar-refractivity contribution in [3.05, 3.63) is 0 Å². The highest BCUT2D eigenvalue weighted by atomic mass is 79.9. The van der Waals surface area contributed by atoms with E-state index in [0.717, 1.165) is 35.5 Å². The first-order valence-corrected chi connectivity index (χ1v) is 6.54. The van der Waals surface area contributed by atoms with E-state index in [1.54, 1.807) is 0 Å². The maximum Gasteiger partial charge on any atom is 0.0673 e. The molecule has 0 unspecified atom stereocenters. The molecule has 0 aromatic carbocycles. The minimum Gasteiger partial charge on any atom is -0.198 e. The van der Waals surface area contributed by atoms with Crippen molar-refractivity contribution in [2.45, 2.75) is 8.65 Å². The van der Waals surface area contributed by atoms with E-state index in [2.05, 4.69) is 37.9 Å². The molecule has 6 aliphatic rings. The predicted molar refractivity (Wildman–Crippen MR) is 53.4 cm³/mol. The maximum atomic E-state index is 9.19. The lowest BCUT2D eigenvalue weighted by atomic mass is 9.20. The van der Waals surface area contributed by atoms with Crippen LogP contribution in [0.3, 0.4) is 0 Å². The van der Waals surface area contributed by atoms with Crippen LogP contribution in [-0.4, -0.2) is 8.65 Å². The van der Waals surface area contributed by atoms with Gasteiger partial charge in [0, 0.05) is 8.65 Å². The van der Waals surface area contributed by atoms with Crippen molar-refractivity contribution in [2.75, 3.05) is 0 Å². The summed E-state index contributed by atoms with van der Waals surface area (Å²) in [7, 11) is 0. The molecular formula is C10H7Br2N. The van der Waals surface area contributed by atoms with Crippen LogP contribution in [0.5, 0.6) is 0 Å². The fourth-order valence-electron chi connectivity index (χ4n) is 5.89. The Balaban J connectivity index is 1.81. The van der Waals surface area contributed by atoms with Gasteiger partial charge in [-0.05, 0) is 35.5 Å². The van der Waals surface area contributed by atoms with Crippen molar-refractivity contribution in [1.29, 1.82) is 5.26 Å². The van der Waals surface area contributed by atoms with Gasteiger partial charge >= 0.3 is 0 Å². The summed E-state index contributed by atoms with van der Waals surface area (Å²) in [6, 6.07) is 2.55. The van der Waals surface area contributed by atoms with Gasteiger partial charge in [-0.2, -0.15) is 5.26 Å². The van der Waals surface area contributed by atoms with Gasteiger partial charge in [0.2, 0.25) is 0 Å². The lowest BCUT2D eigenvalue weighted by Gasteiger charge is -2.90. The van der Waals surface area contributed by atoms with Crippen LogP contribution in [0.25, 0.3) is 0 Å². The summed E-state index contributed by atoms with van der Waals surface area (Å²) in [5, 5.41) is 9.19. The normalized spacial score (nSPS) is 88.5. The second-order valence-corrected chi connectivity index (χ2v) is 8.21. The first kappa shape index (κ1) is 6.85. The van der Waals surface area contributed by atoms with Crippen LogP contribution in [0.1, 0.15) is 0 Å². The highest BCUT2D eigenvalue weighted by Gasteiger charge is 3.04. The van der Waals surface area contributed by atoms with E-state index >= 15 is 0 Å². The fraction of sp³-hybridized carbons (Fsp3) is 0.900. The SMILES string of the molecule is N#C[C@@H]1C2[C@H]3[C@@H]4C5[C@@H]([C@H]2C53Br)C14Br. The van der Waals surface area contributed by atoms with Crippen molar-refractivity contribution < 1.29 is 0 Å². The third kappa shape index (κ3) is 0.308. The van der Waals surface area contributed by atoms with Gasteiger partial charge in [0.05, 0.1) is 12.0 Å². The molecular weight excluding hydrogens is 294 g/mol. The molecule has 66 valence electrons. The smallest absolute Gasteiger partial charge is 0.0673 e. The number of nitriles is 1. The summed E-state index contributed by atoms with van der Waals surface area (Å²) in [5.74, 6) is 5.46. The third-order valence-corrected chi connectivity index (χ3v) is 9.07. The second kappa shape index (κ2) is 1.38. The van der Waals surface area contributed by atoms with Crippen LogP contribution < -0.4 is 0 Å². The Morgan fingerprint density at radius 1 is 0.923 bits per heavy atom. The number of halogens is 2. The van der Waals surface area contributed by atoms with Gasteiger partial charge in [0.15, 0.2) is 0 Å². The molecule has 6 saturated carbocycles. The van der Waals surface area contributed by atoms with Crippen LogP contribution in [0.2, 0.25) is 0 Å². The lowest BCUT2D eigenvalue weighted by molar-refractivity contribution is -0.337. The topological polar surface area (TPSA) is 23.8 Å². The summed E-state index contributed by atoms with van der Waals surface area (Å²) in [6.45, 7) is 0. The Morgan fingerprint density at radius 2 is 1.46 bits per heavy atom. The average Bonchev–Trinajstić information content (AvgIpc) is 2.28. The molecule has 0 radical (unpaired) electrons. The summed E-state index contributed by atoms with van der Waals surface area (Å²) < 4.78 is 0.817. The first-order chi connectivity index (χ1) is 6.18. The quantitative estimate of drug-likeness (QED) is 0.629. The molecule has 0 N–H and O–H groups in total. The number of nitrogens with zero attached hydrogens (tertiary/aromatic N) is 1. The second-order valence-electron chi connectivity index (χ2n) is 5.47. The largest absolute Gasteiger partial charge is 0.198 e.